The molecule has 0 radical (unpaired) electrons. The Morgan fingerprint density at radius 3 is 1.82 bits per heavy atom. The van der Waals surface area contributed by atoms with Crippen LogP contribution in [0.2, 0.25) is 0 Å². The van der Waals surface area contributed by atoms with Gasteiger partial charge in [-0.25, -0.2) is 4.79 Å². The minimum Gasteiger partial charge on any atom is -0.508 e. The molecule has 0 saturated heterocycles. The van der Waals surface area contributed by atoms with E-state index in [1.807, 2.05) is 13.8 Å². The number of aliphatic carboxylic acids is 3. The summed E-state index contributed by atoms with van der Waals surface area (Å²) in [5.41, 5.74) is 6.27. The fourth-order valence-electron chi connectivity index (χ4n) is 3.43. The summed E-state index contributed by atoms with van der Waals surface area (Å²) in [5, 5.41) is 43.8. The van der Waals surface area contributed by atoms with Gasteiger partial charge in [0.05, 0.1) is 12.5 Å². The first-order valence-electron chi connectivity index (χ1n) is 11.8. The highest BCUT2D eigenvalue weighted by Gasteiger charge is 2.32. The minimum atomic E-state index is -1.74. The van der Waals surface area contributed by atoms with E-state index in [2.05, 4.69) is 16.0 Å². The van der Waals surface area contributed by atoms with E-state index in [1.54, 1.807) is 0 Å². The van der Waals surface area contributed by atoms with Gasteiger partial charge in [-0.15, -0.1) is 0 Å². The molecule has 14 nitrogen and oxygen atoms in total. The van der Waals surface area contributed by atoms with Gasteiger partial charge in [0.1, 0.15) is 23.9 Å². The lowest BCUT2D eigenvalue weighted by Gasteiger charge is -2.24. The summed E-state index contributed by atoms with van der Waals surface area (Å²) >= 11 is 0. The largest absolute Gasteiger partial charge is 0.508 e. The highest BCUT2D eigenvalue weighted by atomic mass is 16.4. The molecule has 4 atom stereocenters. The van der Waals surface area contributed by atoms with Crippen LogP contribution in [0.5, 0.6) is 5.75 Å². The Bertz CT molecular complexity index is 1010. The molecule has 1 aromatic rings. The molecule has 0 aliphatic heterocycles. The van der Waals surface area contributed by atoms with Gasteiger partial charge < -0.3 is 42.1 Å². The van der Waals surface area contributed by atoms with Crippen LogP contribution in [0, 0.1) is 5.92 Å². The summed E-state index contributed by atoms with van der Waals surface area (Å²) in [6.45, 7) is 3.64. The minimum absolute atomic E-state index is 0.0504. The highest BCUT2D eigenvalue weighted by molar-refractivity contribution is 5.95. The monoisotopic (exact) mass is 538 g/mol. The van der Waals surface area contributed by atoms with Gasteiger partial charge >= 0.3 is 17.9 Å². The summed E-state index contributed by atoms with van der Waals surface area (Å²) in [6.07, 6.45) is -1.75. The summed E-state index contributed by atoms with van der Waals surface area (Å²) in [5.74, 6) is -7.07. The zero-order chi connectivity index (χ0) is 29.0. The van der Waals surface area contributed by atoms with Crippen molar-refractivity contribution >= 4 is 35.6 Å². The second-order valence-corrected chi connectivity index (χ2v) is 9.16. The van der Waals surface area contributed by atoms with E-state index >= 15 is 0 Å². The molecular formula is C24H34N4O10. The highest BCUT2D eigenvalue weighted by Crippen LogP contribution is 2.12. The molecule has 0 saturated carbocycles. The zero-order valence-corrected chi connectivity index (χ0v) is 21.0. The van der Waals surface area contributed by atoms with Gasteiger partial charge in [0.15, 0.2) is 0 Å². The zero-order valence-electron chi connectivity index (χ0n) is 21.0. The standard InChI is InChI=1S/C24H34N4O10/c1-12(2)9-15(25)21(34)26-16(7-8-19(30)31)22(35)27-17(11-20(32)33)23(36)28-18(24(37)38)10-13-3-5-14(29)6-4-13/h3-6,12,15-18,29H,7-11,25H2,1-2H3,(H,26,34)(H,27,35)(H,28,36)(H,30,31)(H,32,33)(H,37,38). The number of hydrogen-bond donors (Lipinski definition) is 8. The van der Waals surface area contributed by atoms with Crippen molar-refractivity contribution in [2.75, 3.05) is 0 Å². The fraction of sp³-hybridized carbons (Fsp3) is 0.500. The molecule has 0 fully saturated rings. The third kappa shape index (κ3) is 11.7. The van der Waals surface area contributed by atoms with Gasteiger partial charge in [0, 0.05) is 12.8 Å². The molecule has 0 heterocycles. The van der Waals surface area contributed by atoms with Crippen molar-refractivity contribution in [3.05, 3.63) is 29.8 Å². The first kappa shape index (κ1) is 31.8. The number of carbonyl (C=O) groups excluding carboxylic acids is 3. The van der Waals surface area contributed by atoms with E-state index < -0.39 is 72.6 Å². The van der Waals surface area contributed by atoms with Crippen LogP contribution in [-0.2, 0) is 35.2 Å². The van der Waals surface area contributed by atoms with E-state index in [9.17, 15) is 44.1 Å². The molecule has 1 rings (SSSR count). The van der Waals surface area contributed by atoms with Crippen LogP contribution in [0.4, 0.5) is 0 Å². The third-order valence-corrected chi connectivity index (χ3v) is 5.34. The third-order valence-electron chi connectivity index (χ3n) is 5.34. The number of amides is 3. The number of carboxylic acids is 3. The van der Waals surface area contributed by atoms with E-state index in [0.717, 1.165) is 0 Å². The van der Waals surface area contributed by atoms with Crippen LogP contribution < -0.4 is 21.7 Å². The number of nitrogens with two attached hydrogens (primary N) is 1. The lowest BCUT2D eigenvalue weighted by Crippen LogP contribution is -2.57. The fourth-order valence-corrected chi connectivity index (χ4v) is 3.43. The molecule has 0 aliphatic carbocycles. The normalized spacial score (nSPS) is 14.0. The van der Waals surface area contributed by atoms with Gasteiger partial charge in [-0.3, -0.25) is 24.0 Å². The number of carboxylic acid groups (broad SMARTS) is 3. The SMILES string of the molecule is CC(C)CC(N)C(=O)NC(CCC(=O)O)C(=O)NC(CC(=O)O)C(=O)NC(Cc1ccc(O)cc1)C(=O)O. The van der Waals surface area contributed by atoms with Gasteiger partial charge in [-0.05, 0) is 36.5 Å². The summed E-state index contributed by atoms with van der Waals surface area (Å²) < 4.78 is 0. The molecular weight excluding hydrogens is 504 g/mol. The maximum absolute atomic E-state index is 12.9. The van der Waals surface area contributed by atoms with Crippen LogP contribution in [-0.4, -0.2) is 80.2 Å². The first-order chi connectivity index (χ1) is 17.7. The number of phenols is 1. The van der Waals surface area contributed by atoms with Crippen molar-refractivity contribution in [1.82, 2.24) is 16.0 Å². The maximum Gasteiger partial charge on any atom is 0.326 e. The maximum atomic E-state index is 12.9. The average molecular weight is 539 g/mol. The average Bonchev–Trinajstić information content (AvgIpc) is 2.80. The molecule has 1 aromatic carbocycles. The number of aromatic hydroxyl groups is 1. The Morgan fingerprint density at radius 1 is 0.789 bits per heavy atom. The van der Waals surface area contributed by atoms with Crippen LogP contribution in [0.15, 0.2) is 24.3 Å². The Balaban J connectivity index is 3.05. The van der Waals surface area contributed by atoms with E-state index in [0.29, 0.717) is 5.56 Å². The molecule has 38 heavy (non-hydrogen) atoms. The number of hydrogen-bond acceptors (Lipinski definition) is 8. The molecule has 4 unspecified atom stereocenters. The Morgan fingerprint density at radius 2 is 1.32 bits per heavy atom. The Kier molecular flexibility index (Phi) is 12.7. The van der Waals surface area contributed by atoms with Crippen LogP contribution in [0.1, 0.15) is 45.1 Å². The smallest absolute Gasteiger partial charge is 0.326 e. The lowest BCUT2D eigenvalue weighted by atomic mass is 10.0. The summed E-state index contributed by atoms with van der Waals surface area (Å²) in [4.78, 5) is 72.3. The number of benzene rings is 1. The van der Waals surface area contributed by atoms with E-state index in [4.69, 9.17) is 10.8 Å². The molecule has 0 aromatic heterocycles. The number of phenolic OH excluding ortho intramolecular Hbond substituents is 1. The van der Waals surface area contributed by atoms with Gasteiger partial charge in [0.25, 0.3) is 0 Å². The van der Waals surface area contributed by atoms with Crippen molar-refractivity contribution in [2.24, 2.45) is 11.7 Å². The van der Waals surface area contributed by atoms with Gasteiger partial charge in [-0.1, -0.05) is 26.0 Å². The second kappa shape index (κ2) is 15.1. The second-order valence-electron chi connectivity index (χ2n) is 9.16. The molecule has 3 amide bonds. The van der Waals surface area contributed by atoms with Crippen molar-refractivity contribution in [3.8, 4) is 5.75 Å². The van der Waals surface area contributed by atoms with Crippen LogP contribution >= 0.6 is 0 Å². The topological polar surface area (TPSA) is 245 Å². The predicted molar refractivity (Wildman–Crippen MR) is 132 cm³/mol. The van der Waals surface area contributed by atoms with Crippen molar-refractivity contribution in [2.45, 2.75) is 70.1 Å². The molecule has 210 valence electrons. The lowest BCUT2D eigenvalue weighted by molar-refractivity contribution is -0.143. The number of carbonyl (C=O) groups is 6. The van der Waals surface area contributed by atoms with Crippen LogP contribution in [0.3, 0.4) is 0 Å². The molecule has 0 aliphatic rings. The molecule has 9 N–H and O–H groups in total. The Hall–Kier alpha value is -4.20. The Labute approximate surface area is 218 Å². The predicted octanol–water partition coefficient (Wildman–Crippen LogP) is -0.813. The van der Waals surface area contributed by atoms with E-state index in [-0.39, 0.29) is 30.9 Å². The quantitative estimate of drug-likeness (QED) is 0.129. The van der Waals surface area contributed by atoms with Crippen molar-refractivity contribution in [1.29, 1.82) is 0 Å². The summed E-state index contributed by atoms with van der Waals surface area (Å²) in [7, 11) is 0. The van der Waals surface area contributed by atoms with Gasteiger partial charge in [-0.2, -0.15) is 0 Å². The summed E-state index contributed by atoms with van der Waals surface area (Å²) in [6, 6.07) is -0.171. The molecule has 14 heteroatoms. The first-order valence-corrected chi connectivity index (χ1v) is 11.8. The number of nitrogens with one attached hydrogen (secondary N) is 3. The van der Waals surface area contributed by atoms with Gasteiger partial charge in [0.2, 0.25) is 17.7 Å². The van der Waals surface area contributed by atoms with Crippen LogP contribution in [0.25, 0.3) is 0 Å². The van der Waals surface area contributed by atoms with E-state index in [1.165, 1.54) is 24.3 Å². The van der Waals surface area contributed by atoms with Crippen molar-refractivity contribution in [3.63, 3.8) is 0 Å². The van der Waals surface area contributed by atoms with Crippen molar-refractivity contribution < 1.29 is 49.2 Å². The molecule has 0 bridgehead atoms. The number of rotatable bonds is 16. The molecule has 0 spiro atoms.